The van der Waals surface area contributed by atoms with Crippen molar-refractivity contribution in [1.82, 2.24) is 19.9 Å². The minimum atomic E-state index is -0.876. The van der Waals surface area contributed by atoms with Gasteiger partial charge in [0.15, 0.2) is 0 Å². The first-order valence-electron chi connectivity index (χ1n) is 26.3. The third-order valence-corrected chi connectivity index (χ3v) is 14.2. The Morgan fingerprint density at radius 3 is 1.20 bits per heavy atom. The van der Waals surface area contributed by atoms with Crippen molar-refractivity contribution < 1.29 is 42.1 Å². The SMILES string of the molecule is CC(C)(c1cccc(-c2[c-]cc(-c3ccccc3)cc2)n1)c1cccc(-c2[c-]cc(-c3ccccc3)cc2)n1.[C-]#[N+]c1cc[c-]c(-c2cccc(C(c3ccccc3)(c3ccccc3)c3cccc(-c4[c-]ccc(C#N)c4)n3)n2)c1.[Pt+2].[Pt+2]. The quantitative estimate of drug-likeness (QED) is 0.114. The van der Waals surface area contributed by atoms with Gasteiger partial charge >= 0.3 is 42.1 Å². The molecule has 0 radical (unpaired) electrons. The van der Waals surface area contributed by atoms with Crippen molar-refractivity contribution >= 4 is 5.69 Å². The molecule has 0 amide bonds. The molecule has 4 heterocycles. The van der Waals surface area contributed by atoms with E-state index < -0.39 is 5.41 Å². The van der Waals surface area contributed by atoms with Crippen LogP contribution in [0.25, 0.3) is 72.1 Å². The van der Waals surface area contributed by atoms with Crippen molar-refractivity contribution in [3.63, 3.8) is 0 Å². The van der Waals surface area contributed by atoms with Crippen LogP contribution in [-0.2, 0) is 53.0 Å². The average Bonchev–Trinajstić information content (AvgIpc) is 3.64. The molecule has 0 spiro atoms. The first-order chi connectivity index (χ1) is 39.3. The fourth-order valence-corrected chi connectivity index (χ4v) is 9.99. The molecule has 4 aromatic heterocycles. The molecule has 0 atom stereocenters. The number of rotatable bonds is 12. The van der Waals surface area contributed by atoms with Crippen LogP contribution in [-0.4, -0.2) is 19.9 Å². The van der Waals surface area contributed by atoms with Crippen LogP contribution in [0.2, 0.25) is 0 Å². The predicted molar refractivity (Wildman–Crippen MR) is 320 cm³/mol. The van der Waals surface area contributed by atoms with Crippen molar-refractivity contribution in [1.29, 1.82) is 5.26 Å². The number of hydrogen-bond acceptors (Lipinski definition) is 5. The van der Waals surface area contributed by atoms with E-state index in [1.807, 2.05) is 115 Å². The molecule has 0 aliphatic heterocycles. The smallest absolute Gasteiger partial charge is 0.300 e. The summed E-state index contributed by atoms with van der Waals surface area (Å²) in [6.45, 7) is 11.8. The van der Waals surface area contributed by atoms with Gasteiger partial charge in [0.2, 0.25) is 0 Å². The van der Waals surface area contributed by atoms with Crippen LogP contribution >= 0.6 is 0 Å². The van der Waals surface area contributed by atoms with Crippen molar-refractivity contribution in [2.24, 2.45) is 0 Å². The van der Waals surface area contributed by atoms with Crippen molar-refractivity contribution in [2.75, 3.05) is 0 Å². The van der Waals surface area contributed by atoms with E-state index in [2.05, 4.69) is 170 Å². The Labute approximate surface area is 509 Å². The summed E-state index contributed by atoms with van der Waals surface area (Å²) in [6, 6.07) is 104. The molecule has 8 aromatic carbocycles. The van der Waals surface area contributed by atoms with E-state index in [0.29, 0.717) is 16.9 Å². The van der Waals surface area contributed by atoms with Crippen LogP contribution in [0, 0.1) is 42.2 Å². The standard InChI is InChI=1S/C37H22N4.C37H28N2.2Pt/c1-39-32-19-9-14-29(25-32)34-21-11-23-36(41-34)37(30-15-4-2-5-16-30,31-17-6-3-7-18-31)35-22-10-20-33(40-35)28-13-8-12-27(24-28)26-38;1-37(2,35-17-9-15-33(38-35)31-23-19-29(20-24-31)27-11-5-3-6-12-27)36-18-10-16-34(39-36)32-25-21-30(22-26-32)28-13-7-4-8-14-28;;/h2-12,15-25H;3-23,25H,1-2H3;;/q2*-2;2*+2. The maximum Gasteiger partial charge on any atom is 2.00 e. The Bertz CT molecular complexity index is 3890. The third-order valence-electron chi connectivity index (χ3n) is 14.2. The fourth-order valence-electron chi connectivity index (χ4n) is 9.99. The molecule has 0 fully saturated rings. The van der Waals surface area contributed by atoms with Crippen LogP contribution in [0.15, 0.2) is 267 Å². The zero-order chi connectivity index (χ0) is 54.7. The van der Waals surface area contributed by atoms with E-state index in [0.717, 1.165) is 84.4 Å². The summed E-state index contributed by atoms with van der Waals surface area (Å²) in [4.78, 5) is 24.2. The zero-order valence-corrected chi connectivity index (χ0v) is 49.3. The topological polar surface area (TPSA) is 79.7 Å². The molecule has 396 valence electrons. The van der Waals surface area contributed by atoms with Crippen molar-refractivity contribution in [3.05, 3.63) is 342 Å². The Hall–Kier alpha value is -9.28. The molecule has 0 unspecified atom stereocenters. The van der Waals surface area contributed by atoms with Crippen LogP contribution < -0.4 is 0 Å². The third kappa shape index (κ3) is 12.4. The molecule has 12 rings (SSSR count). The second-order valence-electron chi connectivity index (χ2n) is 19.6. The summed E-state index contributed by atoms with van der Waals surface area (Å²) in [5, 5.41) is 9.48. The number of pyridine rings is 4. The van der Waals surface area contributed by atoms with Crippen molar-refractivity contribution in [2.45, 2.75) is 24.7 Å². The number of benzene rings is 8. The summed E-state index contributed by atoms with van der Waals surface area (Å²) in [6.07, 6.45) is 0. The van der Waals surface area contributed by atoms with Gasteiger partial charge in [-0.2, -0.15) is 11.3 Å². The monoisotopic (exact) mass is 1410 g/mol. The van der Waals surface area contributed by atoms with Gasteiger partial charge in [-0.3, -0.25) is 14.8 Å². The van der Waals surface area contributed by atoms with Gasteiger partial charge in [-0.05, 0) is 77.6 Å². The maximum absolute atomic E-state index is 9.48. The predicted octanol–water partition coefficient (Wildman–Crippen LogP) is 17.3. The first-order valence-corrected chi connectivity index (χ1v) is 26.3. The molecule has 12 aromatic rings. The molecule has 0 aliphatic carbocycles. The molecule has 0 aliphatic rings. The normalized spacial score (nSPS) is 10.8. The molecule has 0 N–H and O–H groups in total. The van der Waals surface area contributed by atoms with Gasteiger partial charge in [0.1, 0.15) is 11.1 Å². The number of aromatic nitrogens is 4. The van der Waals surface area contributed by atoms with E-state index >= 15 is 0 Å². The Morgan fingerprint density at radius 2 is 0.780 bits per heavy atom. The number of hydrogen-bond donors (Lipinski definition) is 0. The van der Waals surface area contributed by atoms with Gasteiger partial charge in [0.05, 0.1) is 24.0 Å². The summed E-state index contributed by atoms with van der Waals surface area (Å²) in [5.41, 5.74) is 16.7. The van der Waals surface area contributed by atoms with Gasteiger partial charge in [-0.1, -0.05) is 192 Å². The van der Waals surface area contributed by atoms with Crippen LogP contribution in [0.1, 0.15) is 53.3 Å². The van der Waals surface area contributed by atoms with Crippen LogP contribution in [0.4, 0.5) is 5.69 Å². The van der Waals surface area contributed by atoms with Crippen molar-refractivity contribution in [3.8, 4) is 73.4 Å². The number of nitrogens with zero attached hydrogens (tertiary/aromatic N) is 6. The Morgan fingerprint density at radius 1 is 0.390 bits per heavy atom. The van der Waals surface area contributed by atoms with E-state index in [1.165, 1.54) is 11.1 Å². The second-order valence-corrected chi connectivity index (χ2v) is 19.6. The fraction of sp³-hybridized carbons (Fsp3) is 0.0541. The van der Waals surface area contributed by atoms with Gasteiger partial charge in [-0.25, -0.2) is 0 Å². The minimum absolute atomic E-state index is 0. The van der Waals surface area contributed by atoms with Gasteiger partial charge in [0, 0.05) is 16.8 Å². The average molecular weight is 1410 g/mol. The largest absolute Gasteiger partial charge is 2.00 e. The van der Waals surface area contributed by atoms with E-state index in [4.69, 9.17) is 26.5 Å². The van der Waals surface area contributed by atoms with Gasteiger partial charge in [0.25, 0.3) is 0 Å². The van der Waals surface area contributed by atoms with E-state index in [9.17, 15) is 5.26 Å². The number of nitriles is 1. The second kappa shape index (κ2) is 26.3. The van der Waals surface area contributed by atoms with E-state index in [-0.39, 0.29) is 47.5 Å². The molecule has 0 bridgehead atoms. The Kier molecular flexibility index (Phi) is 18.4. The molecule has 82 heavy (non-hydrogen) atoms. The molecule has 8 heteroatoms. The maximum atomic E-state index is 9.48. The summed E-state index contributed by atoms with van der Waals surface area (Å²) >= 11 is 0. The summed E-state index contributed by atoms with van der Waals surface area (Å²) < 4.78 is 0. The van der Waals surface area contributed by atoms with Gasteiger partial charge < -0.3 is 9.97 Å². The van der Waals surface area contributed by atoms with Crippen LogP contribution in [0.3, 0.4) is 0 Å². The minimum Gasteiger partial charge on any atom is -0.300 e. The van der Waals surface area contributed by atoms with Gasteiger partial charge in [-0.15, -0.1) is 113 Å². The zero-order valence-electron chi connectivity index (χ0n) is 44.7. The molecular formula is C74H50N6Pt2. The first kappa shape index (κ1) is 57.4. The van der Waals surface area contributed by atoms with E-state index in [1.54, 1.807) is 30.3 Å². The summed E-state index contributed by atoms with van der Waals surface area (Å²) in [5.74, 6) is 0. The molecule has 0 saturated carbocycles. The molecular weight excluding hydrogens is 1360 g/mol. The summed E-state index contributed by atoms with van der Waals surface area (Å²) in [7, 11) is 0. The Balaban J connectivity index is 0.000000193. The van der Waals surface area contributed by atoms with Crippen LogP contribution in [0.5, 0.6) is 0 Å². The molecule has 6 nitrogen and oxygen atoms in total. The molecule has 0 saturated heterocycles.